The largest absolute Gasteiger partial charge is 0.417 e. The minimum Gasteiger partial charge on any atom is -0.417 e. The zero-order valence-electron chi connectivity index (χ0n) is 21.2. The molecule has 1 amide bonds. The number of ether oxygens (including phenoxy) is 1. The van der Waals surface area contributed by atoms with Crippen LogP contribution in [0.1, 0.15) is 43.0 Å². The number of amides is 1. The number of piperidine rings is 1. The van der Waals surface area contributed by atoms with Crippen molar-refractivity contribution in [3.8, 4) is 17.4 Å². The number of likely N-dealkylation sites (tertiary alicyclic amines) is 1. The number of benzene rings is 1. The van der Waals surface area contributed by atoms with Crippen LogP contribution in [0.4, 0.5) is 13.2 Å². The molecule has 3 aromatic heterocycles. The number of aromatic nitrogens is 4. The number of pyridine rings is 1. The molecule has 38 heavy (non-hydrogen) atoms. The van der Waals surface area contributed by atoms with Crippen molar-refractivity contribution in [3.05, 3.63) is 41.7 Å². The van der Waals surface area contributed by atoms with Gasteiger partial charge in [-0.1, -0.05) is 0 Å². The van der Waals surface area contributed by atoms with Gasteiger partial charge < -0.3 is 24.5 Å². The van der Waals surface area contributed by atoms with Crippen LogP contribution in [0.5, 0.6) is 5.88 Å². The van der Waals surface area contributed by atoms with Gasteiger partial charge in [0.1, 0.15) is 17.0 Å². The molecule has 8 nitrogen and oxygen atoms in total. The number of hydrogen-bond donors (Lipinski definition) is 1. The molecule has 11 heteroatoms. The van der Waals surface area contributed by atoms with Crippen LogP contribution < -0.4 is 10.5 Å². The molecule has 1 saturated carbocycles. The van der Waals surface area contributed by atoms with Gasteiger partial charge in [0, 0.05) is 49.2 Å². The van der Waals surface area contributed by atoms with Crippen LogP contribution in [0.15, 0.2) is 30.3 Å². The molecule has 0 spiro atoms. The summed E-state index contributed by atoms with van der Waals surface area (Å²) in [5.74, 6) is -0.0396. The Morgan fingerprint density at radius 3 is 2.68 bits per heavy atom. The third kappa shape index (κ3) is 4.38. The van der Waals surface area contributed by atoms with Crippen LogP contribution in [0.25, 0.3) is 33.6 Å². The van der Waals surface area contributed by atoms with E-state index in [4.69, 9.17) is 10.7 Å². The highest BCUT2D eigenvalue weighted by atomic mass is 19.3. The van der Waals surface area contributed by atoms with Gasteiger partial charge in [0.2, 0.25) is 5.88 Å². The van der Waals surface area contributed by atoms with Gasteiger partial charge in [-0.15, -0.1) is 0 Å². The topological polar surface area (TPSA) is 91.2 Å². The Bertz CT molecular complexity index is 1540. The minimum absolute atomic E-state index is 0.0184. The van der Waals surface area contributed by atoms with Crippen molar-refractivity contribution in [2.45, 2.75) is 57.8 Å². The lowest BCUT2D eigenvalue weighted by molar-refractivity contribution is -0.0526. The molecule has 1 aliphatic heterocycles. The maximum Gasteiger partial charge on any atom is 0.388 e. The Balaban J connectivity index is 1.44. The minimum atomic E-state index is -2.98. The van der Waals surface area contributed by atoms with Crippen LogP contribution in [0, 0.1) is 11.7 Å². The predicted octanol–water partition coefficient (Wildman–Crippen LogP) is 4.69. The smallest absolute Gasteiger partial charge is 0.388 e. The first kappa shape index (κ1) is 24.7. The number of halogens is 3. The van der Waals surface area contributed by atoms with E-state index in [0.29, 0.717) is 41.7 Å². The molecule has 2 aliphatic rings. The van der Waals surface area contributed by atoms with Crippen LogP contribution in [-0.4, -0.2) is 55.1 Å². The summed E-state index contributed by atoms with van der Waals surface area (Å²) in [6.07, 6.45) is 3.78. The number of nitrogens with two attached hydrogens (primary N) is 1. The highest BCUT2D eigenvalue weighted by molar-refractivity contribution is 5.98. The molecule has 2 atom stereocenters. The van der Waals surface area contributed by atoms with E-state index in [1.807, 2.05) is 17.6 Å². The number of imidazole rings is 1. The number of fused-ring (bicyclic) bond motifs is 2. The summed E-state index contributed by atoms with van der Waals surface area (Å²) in [6.45, 7) is 0.0577. The van der Waals surface area contributed by atoms with E-state index in [1.165, 1.54) is 12.1 Å². The van der Waals surface area contributed by atoms with Crippen molar-refractivity contribution < 1.29 is 22.7 Å². The average Bonchev–Trinajstić information content (AvgIpc) is 3.54. The Labute approximate surface area is 217 Å². The Morgan fingerprint density at radius 2 is 1.95 bits per heavy atom. The molecule has 0 radical (unpaired) electrons. The zero-order chi connectivity index (χ0) is 26.7. The fourth-order valence-corrected chi connectivity index (χ4v) is 5.43. The normalized spacial score (nSPS) is 20.1. The molecule has 0 bridgehead atoms. The standard InChI is InChI=1S/C27H29F3N6O2/c1-14-3-7-18(31)13-35(14)26(37)17-9-19(28)23-20(10-17)32-25(34(23)2)21-11-16-6-8-22(38-27(29)30)33-24(16)36(21)12-15-4-5-15/h6,8-11,14-15,18,27H,3-5,7,12-13,31H2,1-2H3/t14-,18+/m0/s1. The first-order valence-corrected chi connectivity index (χ1v) is 12.9. The van der Waals surface area contributed by atoms with Crippen LogP contribution in [-0.2, 0) is 13.6 Å². The summed E-state index contributed by atoms with van der Waals surface area (Å²) in [5, 5.41) is 0.737. The summed E-state index contributed by atoms with van der Waals surface area (Å²) >= 11 is 0. The van der Waals surface area contributed by atoms with Gasteiger partial charge >= 0.3 is 6.61 Å². The molecule has 2 N–H and O–H groups in total. The molecule has 1 saturated heterocycles. The van der Waals surface area contributed by atoms with E-state index in [-0.39, 0.29) is 35.0 Å². The van der Waals surface area contributed by atoms with Crippen molar-refractivity contribution >= 4 is 28.0 Å². The maximum absolute atomic E-state index is 15.5. The fourth-order valence-electron chi connectivity index (χ4n) is 5.43. The van der Waals surface area contributed by atoms with Crippen LogP contribution in [0.2, 0.25) is 0 Å². The lowest BCUT2D eigenvalue weighted by atomic mass is 9.99. The first-order chi connectivity index (χ1) is 18.2. The number of nitrogens with zero attached hydrogens (tertiary/aromatic N) is 5. The molecule has 2 fully saturated rings. The molecule has 4 heterocycles. The van der Waals surface area contributed by atoms with Crippen LogP contribution >= 0.6 is 0 Å². The number of aryl methyl sites for hydroxylation is 1. The van der Waals surface area contributed by atoms with Gasteiger partial charge in [-0.3, -0.25) is 4.79 Å². The maximum atomic E-state index is 15.5. The molecule has 1 aromatic carbocycles. The van der Waals surface area contributed by atoms with Gasteiger partial charge in [0.15, 0.2) is 5.82 Å². The highest BCUT2D eigenvalue weighted by Gasteiger charge is 2.30. The number of rotatable bonds is 6. The number of hydrogen-bond acceptors (Lipinski definition) is 5. The SMILES string of the molecule is C[C@H]1CC[C@@H](N)CN1C(=O)c1cc(F)c2c(c1)nc(-c1cc3ccc(OC(F)F)nc3n1CC1CC1)n2C. The van der Waals surface area contributed by atoms with Gasteiger partial charge in [0.05, 0.1) is 11.2 Å². The Hall–Kier alpha value is -3.60. The van der Waals surface area contributed by atoms with Gasteiger partial charge in [-0.25, -0.2) is 9.37 Å². The second kappa shape index (κ2) is 9.30. The second-order valence-electron chi connectivity index (χ2n) is 10.5. The summed E-state index contributed by atoms with van der Waals surface area (Å²) < 4.78 is 49.2. The predicted molar refractivity (Wildman–Crippen MR) is 136 cm³/mol. The second-order valence-corrected chi connectivity index (χ2v) is 10.5. The third-order valence-electron chi connectivity index (χ3n) is 7.64. The lowest BCUT2D eigenvalue weighted by Crippen LogP contribution is -2.50. The molecule has 1 aliphatic carbocycles. The Kier molecular flexibility index (Phi) is 6.05. The van der Waals surface area contributed by atoms with Crippen molar-refractivity contribution in [2.24, 2.45) is 18.7 Å². The van der Waals surface area contributed by atoms with E-state index in [1.54, 1.807) is 28.6 Å². The van der Waals surface area contributed by atoms with Gasteiger partial charge in [-0.2, -0.15) is 13.8 Å². The number of carbonyl (C=O) groups excluding carboxylic acids is 1. The quantitative estimate of drug-likeness (QED) is 0.394. The zero-order valence-corrected chi connectivity index (χ0v) is 21.2. The Morgan fingerprint density at radius 1 is 1.16 bits per heavy atom. The molecule has 6 rings (SSSR count). The number of alkyl halides is 2. The van der Waals surface area contributed by atoms with Crippen molar-refractivity contribution in [1.29, 1.82) is 0 Å². The lowest BCUT2D eigenvalue weighted by Gasteiger charge is -2.36. The van der Waals surface area contributed by atoms with E-state index in [0.717, 1.165) is 31.1 Å². The average molecular weight is 527 g/mol. The first-order valence-electron chi connectivity index (χ1n) is 12.9. The fraction of sp³-hybridized carbons (Fsp3) is 0.444. The summed E-state index contributed by atoms with van der Waals surface area (Å²) in [7, 11) is 1.72. The van der Waals surface area contributed by atoms with Crippen molar-refractivity contribution in [2.75, 3.05) is 6.54 Å². The van der Waals surface area contributed by atoms with Crippen molar-refractivity contribution in [3.63, 3.8) is 0 Å². The summed E-state index contributed by atoms with van der Waals surface area (Å²) in [4.78, 5) is 24.1. The van der Waals surface area contributed by atoms with Crippen LogP contribution in [0.3, 0.4) is 0 Å². The van der Waals surface area contributed by atoms with E-state index in [2.05, 4.69) is 9.72 Å². The summed E-state index contributed by atoms with van der Waals surface area (Å²) in [6, 6.07) is 7.76. The van der Waals surface area contributed by atoms with Gasteiger partial charge in [-0.05, 0) is 62.8 Å². The van der Waals surface area contributed by atoms with E-state index < -0.39 is 12.4 Å². The molecule has 200 valence electrons. The summed E-state index contributed by atoms with van der Waals surface area (Å²) in [5.41, 5.74) is 8.15. The molecule has 4 aromatic rings. The molecular formula is C27H29F3N6O2. The van der Waals surface area contributed by atoms with E-state index >= 15 is 4.39 Å². The third-order valence-corrected chi connectivity index (χ3v) is 7.64. The van der Waals surface area contributed by atoms with Gasteiger partial charge in [0.25, 0.3) is 5.91 Å². The molecular weight excluding hydrogens is 497 g/mol. The van der Waals surface area contributed by atoms with Crippen molar-refractivity contribution in [1.82, 2.24) is 24.0 Å². The van der Waals surface area contributed by atoms with E-state index in [9.17, 15) is 13.6 Å². The molecule has 0 unspecified atom stereocenters. The number of carbonyl (C=O) groups is 1. The monoisotopic (exact) mass is 526 g/mol. The highest BCUT2D eigenvalue weighted by Crippen LogP contribution is 2.37.